The maximum absolute atomic E-state index is 11.9. The molecule has 1 amide bonds. The van der Waals surface area contributed by atoms with Crippen molar-refractivity contribution in [3.63, 3.8) is 0 Å². The molecule has 0 bridgehead atoms. The first-order valence-corrected chi connectivity index (χ1v) is 8.81. The van der Waals surface area contributed by atoms with Gasteiger partial charge in [0, 0.05) is 18.2 Å². The van der Waals surface area contributed by atoms with Gasteiger partial charge in [0.1, 0.15) is 12.4 Å². The number of para-hydroxylation sites is 1. The molecular formula is C18H21ClN2O2S. The van der Waals surface area contributed by atoms with Crippen LogP contribution in [0.3, 0.4) is 0 Å². The van der Waals surface area contributed by atoms with Crippen molar-refractivity contribution in [2.45, 2.75) is 19.2 Å². The Morgan fingerprint density at radius 2 is 1.83 bits per heavy atom. The number of nitrogens with one attached hydrogen (secondary N) is 2. The van der Waals surface area contributed by atoms with E-state index in [0.717, 1.165) is 28.5 Å². The summed E-state index contributed by atoms with van der Waals surface area (Å²) in [6.45, 7) is 1.10. The monoisotopic (exact) mass is 364 g/mol. The van der Waals surface area contributed by atoms with Crippen LogP contribution in [0.25, 0.3) is 0 Å². The third-order valence-electron chi connectivity index (χ3n) is 3.67. The van der Waals surface area contributed by atoms with Gasteiger partial charge in [0.15, 0.2) is 0 Å². The third-order valence-corrected chi connectivity index (χ3v) is 4.61. The van der Waals surface area contributed by atoms with E-state index in [2.05, 4.69) is 10.6 Å². The van der Waals surface area contributed by atoms with Gasteiger partial charge in [-0.25, -0.2) is 0 Å². The smallest absolute Gasteiger partial charge is 0.238 e. The summed E-state index contributed by atoms with van der Waals surface area (Å²) in [7, 11) is 0. The average molecular weight is 365 g/mol. The Balaban J connectivity index is 0.00000208. The zero-order valence-electron chi connectivity index (χ0n) is 13.2. The number of thioether (sulfide) groups is 1. The predicted molar refractivity (Wildman–Crippen MR) is 101 cm³/mol. The van der Waals surface area contributed by atoms with Crippen molar-refractivity contribution in [1.29, 1.82) is 0 Å². The molecule has 6 heteroatoms. The summed E-state index contributed by atoms with van der Waals surface area (Å²) in [5.41, 5.74) is 2.20. The maximum atomic E-state index is 11.9. The topological polar surface area (TPSA) is 50.4 Å². The zero-order chi connectivity index (χ0) is 15.9. The van der Waals surface area contributed by atoms with E-state index in [9.17, 15) is 4.79 Å². The van der Waals surface area contributed by atoms with E-state index < -0.39 is 0 Å². The van der Waals surface area contributed by atoms with Crippen molar-refractivity contribution < 1.29 is 9.53 Å². The molecule has 0 radical (unpaired) electrons. The first-order valence-electron chi connectivity index (χ1n) is 7.66. The molecule has 3 rings (SSSR count). The second kappa shape index (κ2) is 9.57. The fraction of sp³-hybridized carbons (Fsp3) is 0.278. The number of hydrogen-bond donors (Lipinski definition) is 2. The average Bonchev–Trinajstić information content (AvgIpc) is 3.14. The summed E-state index contributed by atoms with van der Waals surface area (Å²) in [4.78, 5) is 11.9. The molecule has 2 N–H and O–H groups in total. The van der Waals surface area contributed by atoms with Crippen LogP contribution < -0.4 is 15.4 Å². The third kappa shape index (κ3) is 5.44. The second-order valence-corrected chi connectivity index (χ2v) is 6.44. The molecule has 2 aromatic carbocycles. The summed E-state index contributed by atoms with van der Waals surface area (Å²) >= 11 is 1.75. The number of amides is 1. The summed E-state index contributed by atoms with van der Waals surface area (Å²) in [6.07, 6.45) is 0. The largest absolute Gasteiger partial charge is 0.489 e. The Morgan fingerprint density at radius 3 is 2.50 bits per heavy atom. The maximum Gasteiger partial charge on any atom is 0.238 e. The normalized spacial score (nSPS) is 16.2. The van der Waals surface area contributed by atoms with Gasteiger partial charge in [0.2, 0.25) is 5.91 Å². The zero-order valence-corrected chi connectivity index (χ0v) is 14.9. The lowest BCUT2D eigenvalue weighted by atomic mass is 10.1. The van der Waals surface area contributed by atoms with E-state index in [4.69, 9.17) is 4.74 Å². The molecule has 4 nitrogen and oxygen atoms in total. The van der Waals surface area contributed by atoms with Crippen LogP contribution in [-0.2, 0) is 17.9 Å². The Kier molecular flexibility index (Phi) is 7.43. The summed E-state index contributed by atoms with van der Waals surface area (Å²) in [6, 6.07) is 17.8. The van der Waals surface area contributed by atoms with Crippen LogP contribution in [0, 0.1) is 0 Å². The number of carbonyl (C=O) groups is 1. The van der Waals surface area contributed by atoms with Gasteiger partial charge in [-0.3, -0.25) is 10.1 Å². The minimum absolute atomic E-state index is 0. The van der Waals surface area contributed by atoms with Crippen LogP contribution in [-0.4, -0.2) is 23.6 Å². The number of hydrogen-bond acceptors (Lipinski definition) is 4. The van der Waals surface area contributed by atoms with Crippen LogP contribution >= 0.6 is 24.2 Å². The van der Waals surface area contributed by atoms with Gasteiger partial charge < -0.3 is 10.1 Å². The Bertz CT molecular complexity index is 631. The van der Waals surface area contributed by atoms with Gasteiger partial charge in [-0.1, -0.05) is 42.5 Å². The summed E-state index contributed by atoms with van der Waals surface area (Å²) in [5.74, 6) is 2.65. The molecule has 1 saturated heterocycles. The molecule has 1 aliphatic rings. The molecule has 1 aliphatic heterocycles. The molecule has 1 atom stereocenters. The van der Waals surface area contributed by atoms with Crippen LogP contribution in [0.2, 0.25) is 0 Å². The van der Waals surface area contributed by atoms with Crippen LogP contribution in [0.1, 0.15) is 11.1 Å². The van der Waals surface area contributed by atoms with Crippen LogP contribution in [0.5, 0.6) is 5.75 Å². The first kappa shape index (κ1) is 18.6. The quantitative estimate of drug-likeness (QED) is 0.827. The Morgan fingerprint density at radius 1 is 1.12 bits per heavy atom. The van der Waals surface area contributed by atoms with Crippen molar-refractivity contribution in [2.24, 2.45) is 0 Å². The summed E-state index contributed by atoms with van der Waals surface area (Å²) < 4.78 is 5.72. The van der Waals surface area contributed by atoms with E-state index in [0.29, 0.717) is 13.2 Å². The molecule has 0 saturated carbocycles. The highest BCUT2D eigenvalue weighted by Crippen LogP contribution is 2.13. The minimum Gasteiger partial charge on any atom is -0.489 e. The van der Waals surface area contributed by atoms with Crippen molar-refractivity contribution in [1.82, 2.24) is 10.6 Å². The second-order valence-electron chi connectivity index (χ2n) is 5.41. The van der Waals surface area contributed by atoms with Gasteiger partial charge >= 0.3 is 0 Å². The van der Waals surface area contributed by atoms with Gasteiger partial charge in [-0.05, 0) is 23.3 Å². The van der Waals surface area contributed by atoms with E-state index in [-0.39, 0.29) is 24.4 Å². The van der Waals surface area contributed by atoms with E-state index in [1.54, 1.807) is 11.8 Å². The van der Waals surface area contributed by atoms with Crippen molar-refractivity contribution in [2.75, 3.05) is 11.6 Å². The number of rotatable bonds is 6. The predicted octanol–water partition coefficient (Wildman–Crippen LogP) is 2.97. The molecule has 0 spiro atoms. The number of benzene rings is 2. The van der Waals surface area contributed by atoms with Crippen LogP contribution in [0.4, 0.5) is 0 Å². The molecule has 0 aromatic heterocycles. The van der Waals surface area contributed by atoms with Crippen molar-refractivity contribution >= 4 is 30.1 Å². The number of ether oxygens (including phenoxy) is 1. The number of carbonyl (C=O) groups excluding carboxylic acids is 1. The molecule has 0 aliphatic carbocycles. The highest BCUT2D eigenvalue weighted by atomic mass is 35.5. The lowest BCUT2D eigenvalue weighted by Gasteiger charge is -2.11. The number of halogens is 1. The SMILES string of the molecule is Cl.O=C(NCc1ccc(COc2ccccc2)cc1)C1CSCN1. The van der Waals surface area contributed by atoms with E-state index in [1.807, 2.05) is 54.6 Å². The standard InChI is InChI=1S/C18H20N2O2S.ClH/c21-18(17-12-23-13-20-17)19-10-14-6-8-15(9-7-14)11-22-16-4-2-1-3-5-16;/h1-9,17,20H,10-13H2,(H,19,21);1H. The van der Waals surface area contributed by atoms with Crippen molar-refractivity contribution in [3.05, 3.63) is 65.7 Å². The molecule has 1 fully saturated rings. The first-order chi connectivity index (χ1) is 11.3. The Hall–Kier alpha value is -1.69. The minimum atomic E-state index is -0.0569. The Labute approximate surface area is 152 Å². The summed E-state index contributed by atoms with van der Waals surface area (Å²) in [5, 5.41) is 6.14. The van der Waals surface area contributed by atoms with Gasteiger partial charge in [-0.2, -0.15) is 0 Å². The highest BCUT2D eigenvalue weighted by Gasteiger charge is 2.21. The van der Waals surface area contributed by atoms with E-state index in [1.165, 1.54) is 0 Å². The lowest BCUT2D eigenvalue weighted by molar-refractivity contribution is -0.122. The molecule has 1 unspecified atom stereocenters. The lowest BCUT2D eigenvalue weighted by Crippen LogP contribution is -2.41. The molecular weight excluding hydrogens is 344 g/mol. The molecule has 2 aromatic rings. The fourth-order valence-electron chi connectivity index (χ4n) is 2.31. The van der Waals surface area contributed by atoms with Gasteiger partial charge in [-0.15, -0.1) is 24.2 Å². The van der Waals surface area contributed by atoms with Gasteiger partial charge in [0.05, 0.1) is 6.04 Å². The molecule has 24 heavy (non-hydrogen) atoms. The van der Waals surface area contributed by atoms with E-state index >= 15 is 0 Å². The van der Waals surface area contributed by atoms with Crippen LogP contribution in [0.15, 0.2) is 54.6 Å². The van der Waals surface area contributed by atoms with Crippen molar-refractivity contribution in [3.8, 4) is 5.75 Å². The molecule has 128 valence electrons. The fourth-order valence-corrected chi connectivity index (χ4v) is 3.25. The van der Waals surface area contributed by atoms with Gasteiger partial charge in [0.25, 0.3) is 0 Å². The highest BCUT2D eigenvalue weighted by molar-refractivity contribution is 7.99. The molecule has 1 heterocycles.